The fourth-order valence-electron chi connectivity index (χ4n) is 2.22. The highest BCUT2D eigenvalue weighted by Crippen LogP contribution is 2.25. The molecule has 2 rings (SSSR count). The quantitative estimate of drug-likeness (QED) is 0.830. The number of nitrogens with two attached hydrogens (primary N) is 1. The van der Waals surface area contributed by atoms with Gasteiger partial charge in [0.2, 0.25) is 10.0 Å². The van der Waals surface area contributed by atoms with Gasteiger partial charge in [-0.15, -0.1) is 0 Å². The van der Waals surface area contributed by atoms with Gasteiger partial charge in [0.05, 0.1) is 17.9 Å². The maximum Gasteiger partial charge on any atom is 0.245 e. The molecule has 0 unspecified atom stereocenters. The fourth-order valence-corrected chi connectivity index (χ4v) is 3.91. The average molecular weight is 288 g/mol. The van der Waals surface area contributed by atoms with Crippen LogP contribution in [0.5, 0.6) is 0 Å². The highest BCUT2D eigenvalue weighted by atomic mass is 32.2. The molecule has 106 valence electrons. The molecule has 0 saturated carbocycles. The lowest BCUT2D eigenvalue weighted by molar-refractivity contribution is -0.0440. The summed E-state index contributed by atoms with van der Waals surface area (Å²) in [6.07, 6.45) is -0.361. The van der Waals surface area contributed by atoms with Crippen molar-refractivity contribution in [3.63, 3.8) is 0 Å². The number of benzene rings is 1. The molecule has 1 aliphatic rings. The minimum atomic E-state index is -3.71. The molecule has 2 N–H and O–H groups in total. The lowest BCUT2D eigenvalue weighted by atomic mass is 10.3. The second-order valence-corrected chi connectivity index (χ2v) is 6.67. The zero-order valence-corrected chi connectivity index (χ0v) is 11.7. The summed E-state index contributed by atoms with van der Waals surface area (Å²) in [6, 6.07) is 3.31. The van der Waals surface area contributed by atoms with E-state index in [1.54, 1.807) is 0 Å². The van der Waals surface area contributed by atoms with Crippen LogP contribution in [0.15, 0.2) is 23.1 Å². The zero-order chi connectivity index (χ0) is 14.2. The molecular formula is C12H17FN2O3S. The number of rotatable bonds is 2. The summed E-state index contributed by atoms with van der Waals surface area (Å²) in [6.45, 7) is 4.16. The molecule has 0 bridgehead atoms. The Morgan fingerprint density at radius 2 is 1.89 bits per heavy atom. The molecule has 7 heteroatoms. The van der Waals surface area contributed by atoms with E-state index in [1.165, 1.54) is 10.4 Å². The van der Waals surface area contributed by atoms with Crippen molar-refractivity contribution in [3.05, 3.63) is 24.0 Å². The Labute approximate surface area is 112 Å². The molecule has 19 heavy (non-hydrogen) atoms. The van der Waals surface area contributed by atoms with E-state index in [-0.39, 0.29) is 35.9 Å². The van der Waals surface area contributed by atoms with Gasteiger partial charge < -0.3 is 10.5 Å². The van der Waals surface area contributed by atoms with Crippen LogP contribution in [0.4, 0.5) is 10.1 Å². The van der Waals surface area contributed by atoms with Crippen LogP contribution in [0, 0.1) is 5.82 Å². The number of morpholine rings is 1. The number of nitrogen functional groups attached to an aromatic ring is 1. The standard InChI is InChI=1S/C12H17FN2O3S/c1-8-6-15(7-9(2)18-8)19(16,17)12-4-3-10(13)5-11(12)14/h3-5,8-9H,6-7,14H2,1-2H3/t8-,9+. The van der Waals surface area contributed by atoms with Gasteiger partial charge in [-0.1, -0.05) is 0 Å². The lowest BCUT2D eigenvalue weighted by Crippen LogP contribution is -2.48. The Hall–Kier alpha value is -1.18. The zero-order valence-electron chi connectivity index (χ0n) is 10.8. The van der Waals surface area contributed by atoms with Crippen LogP contribution in [0.3, 0.4) is 0 Å². The molecule has 0 aliphatic carbocycles. The Bertz CT molecular complexity index is 566. The molecule has 0 aromatic heterocycles. The molecule has 0 spiro atoms. The second kappa shape index (κ2) is 5.07. The third-order valence-electron chi connectivity index (χ3n) is 2.98. The van der Waals surface area contributed by atoms with Crippen molar-refractivity contribution >= 4 is 15.7 Å². The number of anilines is 1. The van der Waals surface area contributed by atoms with Gasteiger partial charge in [0, 0.05) is 13.1 Å². The second-order valence-electron chi connectivity index (χ2n) is 4.76. The topological polar surface area (TPSA) is 72.6 Å². The summed E-state index contributed by atoms with van der Waals surface area (Å²) in [5.41, 5.74) is 5.53. The number of hydrogen-bond acceptors (Lipinski definition) is 4. The monoisotopic (exact) mass is 288 g/mol. The number of ether oxygens (including phenoxy) is 1. The summed E-state index contributed by atoms with van der Waals surface area (Å²) < 4.78 is 44.8. The number of halogens is 1. The molecular weight excluding hydrogens is 271 g/mol. The number of sulfonamides is 1. The van der Waals surface area contributed by atoms with Crippen LogP contribution in [-0.4, -0.2) is 38.0 Å². The van der Waals surface area contributed by atoms with E-state index in [4.69, 9.17) is 10.5 Å². The Balaban J connectivity index is 2.36. The van der Waals surface area contributed by atoms with Gasteiger partial charge in [-0.3, -0.25) is 0 Å². The van der Waals surface area contributed by atoms with E-state index in [9.17, 15) is 12.8 Å². The van der Waals surface area contributed by atoms with Crippen LogP contribution in [0.2, 0.25) is 0 Å². The predicted octanol–water partition coefficient (Wildman–Crippen LogP) is 1.21. The van der Waals surface area contributed by atoms with Gasteiger partial charge in [-0.2, -0.15) is 4.31 Å². The smallest absolute Gasteiger partial charge is 0.245 e. The van der Waals surface area contributed by atoms with Crippen molar-refractivity contribution in [2.45, 2.75) is 31.0 Å². The summed E-state index contributed by atoms with van der Waals surface area (Å²) in [4.78, 5) is -0.0600. The molecule has 2 atom stereocenters. The molecule has 1 heterocycles. The molecule has 5 nitrogen and oxygen atoms in total. The third kappa shape index (κ3) is 2.88. The van der Waals surface area contributed by atoms with Crippen molar-refractivity contribution in [2.24, 2.45) is 0 Å². The lowest BCUT2D eigenvalue weighted by Gasteiger charge is -2.34. The van der Waals surface area contributed by atoms with E-state index in [0.29, 0.717) is 0 Å². The molecule has 0 radical (unpaired) electrons. The fraction of sp³-hybridized carbons (Fsp3) is 0.500. The van der Waals surface area contributed by atoms with Crippen molar-refractivity contribution in [3.8, 4) is 0 Å². The predicted molar refractivity (Wildman–Crippen MR) is 69.6 cm³/mol. The van der Waals surface area contributed by atoms with E-state index in [1.807, 2.05) is 13.8 Å². The minimum Gasteiger partial charge on any atom is -0.398 e. The summed E-state index contributed by atoms with van der Waals surface area (Å²) in [5.74, 6) is -0.555. The van der Waals surface area contributed by atoms with Gasteiger partial charge >= 0.3 is 0 Å². The normalized spacial score (nSPS) is 25.4. The van der Waals surface area contributed by atoms with E-state index in [2.05, 4.69) is 0 Å². The summed E-state index contributed by atoms with van der Waals surface area (Å²) in [7, 11) is -3.71. The van der Waals surface area contributed by atoms with E-state index in [0.717, 1.165) is 12.1 Å². The highest BCUT2D eigenvalue weighted by Gasteiger charge is 2.33. The molecule has 0 amide bonds. The average Bonchev–Trinajstić information content (AvgIpc) is 2.26. The Morgan fingerprint density at radius 3 is 2.42 bits per heavy atom. The Morgan fingerprint density at radius 1 is 1.32 bits per heavy atom. The van der Waals surface area contributed by atoms with E-state index < -0.39 is 15.8 Å². The van der Waals surface area contributed by atoms with Crippen LogP contribution >= 0.6 is 0 Å². The summed E-state index contributed by atoms with van der Waals surface area (Å²) in [5, 5.41) is 0. The first-order valence-electron chi connectivity index (χ1n) is 6.01. The first-order valence-corrected chi connectivity index (χ1v) is 7.45. The Kier molecular flexibility index (Phi) is 3.80. The first kappa shape index (κ1) is 14.2. The van der Waals surface area contributed by atoms with Crippen LogP contribution in [0.25, 0.3) is 0 Å². The van der Waals surface area contributed by atoms with Gasteiger partial charge in [-0.25, -0.2) is 12.8 Å². The third-order valence-corrected chi connectivity index (χ3v) is 4.88. The first-order chi connectivity index (χ1) is 8.80. The van der Waals surface area contributed by atoms with Crippen molar-refractivity contribution < 1.29 is 17.5 Å². The van der Waals surface area contributed by atoms with Gasteiger partial charge in [-0.05, 0) is 32.0 Å². The number of hydrogen-bond donors (Lipinski definition) is 1. The van der Waals surface area contributed by atoms with Gasteiger partial charge in [0.25, 0.3) is 0 Å². The molecule has 1 aromatic carbocycles. The largest absolute Gasteiger partial charge is 0.398 e. The van der Waals surface area contributed by atoms with E-state index >= 15 is 0 Å². The molecule has 1 saturated heterocycles. The van der Waals surface area contributed by atoms with Crippen molar-refractivity contribution in [1.82, 2.24) is 4.31 Å². The van der Waals surface area contributed by atoms with Crippen LogP contribution in [0.1, 0.15) is 13.8 Å². The van der Waals surface area contributed by atoms with Gasteiger partial charge in [0.15, 0.2) is 0 Å². The SMILES string of the molecule is C[C@@H]1CN(S(=O)(=O)c2ccc(F)cc2N)C[C@H](C)O1. The molecule has 1 fully saturated rings. The van der Waals surface area contributed by atoms with Gasteiger partial charge in [0.1, 0.15) is 10.7 Å². The van der Waals surface area contributed by atoms with Crippen molar-refractivity contribution in [2.75, 3.05) is 18.8 Å². The number of nitrogens with zero attached hydrogens (tertiary/aromatic N) is 1. The van der Waals surface area contributed by atoms with Crippen molar-refractivity contribution in [1.29, 1.82) is 0 Å². The minimum absolute atomic E-state index is 0.0600. The van der Waals surface area contributed by atoms with Crippen LogP contribution in [-0.2, 0) is 14.8 Å². The molecule has 1 aliphatic heterocycles. The highest BCUT2D eigenvalue weighted by molar-refractivity contribution is 7.89. The maximum atomic E-state index is 13.0. The summed E-state index contributed by atoms with van der Waals surface area (Å²) >= 11 is 0. The maximum absolute atomic E-state index is 13.0. The van der Waals surface area contributed by atoms with Crippen LogP contribution < -0.4 is 5.73 Å². The molecule has 1 aromatic rings.